The van der Waals surface area contributed by atoms with E-state index >= 15 is 0 Å². The second-order valence-corrected chi connectivity index (χ2v) is 6.34. The molecule has 1 fully saturated rings. The summed E-state index contributed by atoms with van der Waals surface area (Å²) in [6.07, 6.45) is 4.54. The maximum absolute atomic E-state index is 11.0. The molecule has 2 heterocycles. The minimum Gasteiger partial charge on any atom is -0.304 e. The minimum atomic E-state index is -0.343. The number of aromatic nitrogens is 1. The van der Waals surface area contributed by atoms with Gasteiger partial charge in [-0.3, -0.25) is 15.1 Å². The molecule has 1 saturated heterocycles. The van der Waals surface area contributed by atoms with E-state index in [2.05, 4.69) is 24.1 Å². The highest BCUT2D eigenvalue weighted by molar-refractivity contribution is 5.85. The number of benzene rings is 1. The first-order valence-corrected chi connectivity index (χ1v) is 7.39. The number of non-ortho nitro benzene ring substituents is 1. The Morgan fingerprint density at radius 1 is 1.17 bits per heavy atom. The van der Waals surface area contributed by atoms with Crippen LogP contribution in [0.25, 0.3) is 0 Å². The van der Waals surface area contributed by atoms with Crippen molar-refractivity contribution in [2.45, 2.75) is 37.8 Å². The van der Waals surface area contributed by atoms with Gasteiger partial charge in [-0.25, -0.2) is 0 Å². The van der Waals surface area contributed by atoms with Gasteiger partial charge in [-0.05, 0) is 43.5 Å². The van der Waals surface area contributed by atoms with Gasteiger partial charge in [-0.15, -0.1) is 24.8 Å². The van der Waals surface area contributed by atoms with Gasteiger partial charge in [0.1, 0.15) is 0 Å². The first-order chi connectivity index (χ1) is 10.5. The highest BCUT2D eigenvalue weighted by Gasteiger charge is 2.41. The maximum atomic E-state index is 11.0. The predicted molar refractivity (Wildman–Crippen MR) is 99.1 cm³/mol. The van der Waals surface area contributed by atoms with E-state index in [0.717, 1.165) is 12.0 Å². The Balaban J connectivity index is 0.00000144. The third-order valence-electron chi connectivity index (χ3n) is 4.48. The van der Waals surface area contributed by atoms with Crippen LogP contribution in [0.15, 0.2) is 48.8 Å². The average molecular weight is 370 g/mol. The highest BCUT2D eigenvalue weighted by atomic mass is 35.5. The first-order valence-electron chi connectivity index (χ1n) is 7.39. The van der Waals surface area contributed by atoms with Gasteiger partial charge in [0.15, 0.2) is 0 Å². The second-order valence-electron chi connectivity index (χ2n) is 6.34. The molecule has 1 aliphatic rings. The summed E-state index contributed by atoms with van der Waals surface area (Å²) in [6.45, 7) is 4.35. The normalized spacial score (nSPS) is 21.4. The Hall–Kier alpha value is -1.69. The van der Waals surface area contributed by atoms with E-state index in [1.807, 2.05) is 30.6 Å². The van der Waals surface area contributed by atoms with Gasteiger partial charge in [-0.1, -0.05) is 12.1 Å². The number of rotatable bonds is 3. The van der Waals surface area contributed by atoms with E-state index in [9.17, 15) is 10.1 Å². The number of nitrogens with one attached hydrogen (secondary N) is 1. The zero-order valence-electron chi connectivity index (χ0n) is 13.5. The second kappa shape index (κ2) is 7.92. The van der Waals surface area contributed by atoms with Crippen molar-refractivity contribution in [3.8, 4) is 0 Å². The van der Waals surface area contributed by atoms with E-state index in [1.54, 1.807) is 12.1 Å². The molecule has 0 bridgehead atoms. The zero-order chi connectivity index (χ0) is 15.7. The molecule has 0 amide bonds. The van der Waals surface area contributed by atoms with Crippen LogP contribution in [-0.2, 0) is 0 Å². The van der Waals surface area contributed by atoms with Crippen LogP contribution < -0.4 is 5.32 Å². The van der Waals surface area contributed by atoms with Crippen molar-refractivity contribution in [2.24, 2.45) is 0 Å². The molecule has 3 rings (SSSR count). The molecule has 0 radical (unpaired) electrons. The molecule has 0 spiro atoms. The third kappa shape index (κ3) is 4.04. The molecule has 2 atom stereocenters. The van der Waals surface area contributed by atoms with E-state index < -0.39 is 0 Å². The summed E-state index contributed by atoms with van der Waals surface area (Å²) in [5.74, 6) is 0.347. The third-order valence-corrected chi connectivity index (χ3v) is 4.48. The first kappa shape index (κ1) is 20.4. The van der Waals surface area contributed by atoms with Crippen molar-refractivity contribution < 1.29 is 4.92 Å². The van der Waals surface area contributed by atoms with E-state index in [4.69, 9.17) is 0 Å². The fourth-order valence-corrected chi connectivity index (χ4v) is 3.36. The van der Waals surface area contributed by atoms with Gasteiger partial charge < -0.3 is 5.32 Å². The lowest BCUT2D eigenvalue weighted by Gasteiger charge is -2.27. The molecule has 24 heavy (non-hydrogen) atoms. The van der Waals surface area contributed by atoms with Gasteiger partial charge in [0.25, 0.3) is 5.69 Å². The summed E-state index contributed by atoms with van der Waals surface area (Å²) < 4.78 is 0. The van der Waals surface area contributed by atoms with Crippen LogP contribution in [0.3, 0.4) is 0 Å². The molecule has 2 aromatic rings. The average Bonchev–Trinajstić information content (AvgIpc) is 2.84. The van der Waals surface area contributed by atoms with Crippen LogP contribution in [0.1, 0.15) is 43.4 Å². The molecule has 0 saturated carbocycles. The SMILES string of the molecule is CC1(C)N[C@H](c2cccc([N+](=O)[O-])c2)C[C@@H]1c1ccncc1.Cl.Cl. The van der Waals surface area contributed by atoms with Crippen LogP contribution in [0.4, 0.5) is 5.69 Å². The number of hydrogen-bond donors (Lipinski definition) is 1. The fraction of sp³-hybridized carbons (Fsp3) is 0.353. The lowest BCUT2D eigenvalue weighted by molar-refractivity contribution is -0.384. The van der Waals surface area contributed by atoms with Crippen LogP contribution in [0.5, 0.6) is 0 Å². The smallest absolute Gasteiger partial charge is 0.269 e. The number of pyridine rings is 1. The fourth-order valence-electron chi connectivity index (χ4n) is 3.36. The molecule has 130 valence electrons. The van der Waals surface area contributed by atoms with E-state index in [1.165, 1.54) is 11.6 Å². The number of nitrogens with zero attached hydrogens (tertiary/aromatic N) is 2. The van der Waals surface area contributed by atoms with Crippen LogP contribution in [0.2, 0.25) is 0 Å². The van der Waals surface area contributed by atoms with Crippen LogP contribution >= 0.6 is 24.8 Å². The summed E-state index contributed by atoms with van der Waals surface area (Å²) >= 11 is 0. The highest BCUT2D eigenvalue weighted by Crippen LogP contribution is 2.43. The lowest BCUT2D eigenvalue weighted by atomic mass is 9.83. The molecular weight excluding hydrogens is 349 g/mol. The van der Waals surface area contributed by atoms with Crippen molar-refractivity contribution in [1.82, 2.24) is 10.3 Å². The Kier molecular flexibility index (Phi) is 6.72. The lowest BCUT2D eigenvalue weighted by Crippen LogP contribution is -2.37. The summed E-state index contributed by atoms with van der Waals surface area (Å²) in [7, 11) is 0. The van der Waals surface area contributed by atoms with E-state index in [0.29, 0.717) is 5.92 Å². The molecule has 1 aliphatic heterocycles. The standard InChI is InChI=1S/C17H19N3O2.2ClH/c1-17(2)15(12-6-8-18-9-7-12)11-16(19-17)13-4-3-5-14(10-13)20(21)22;;/h3-10,15-16,19H,11H2,1-2H3;2*1H/t15-,16+;;/m1../s1. The number of nitro groups is 1. The molecule has 5 nitrogen and oxygen atoms in total. The van der Waals surface area contributed by atoms with Crippen molar-refractivity contribution >= 4 is 30.5 Å². The minimum absolute atomic E-state index is 0. The van der Waals surface area contributed by atoms with Crippen molar-refractivity contribution in [2.75, 3.05) is 0 Å². The Morgan fingerprint density at radius 2 is 1.83 bits per heavy atom. The van der Waals surface area contributed by atoms with E-state index in [-0.39, 0.29) is 47.0 Å². The summed E-state index contributed by atoms with van der Waals surface area (Å²) in [4.78, 5) is 14.7. The number of nitro benzene ring substituents is 1. The van der Waals surface area contributed by atoms with Crippen molar-refractivity contribution in [3.63, 3.8) is 0 Å². The monoisotopic (exact) mass is 369 g/mol. The molecule has 0 aliphatic carbocycles. The van der Waals surface area contributed by atoms with Crippen LogP contribution in [0, 0.1) is 10.1 Å². The van der Waals surface area contributed by atoms with Gasteiger partial charge in [0.2, 0.25) is 0 Å². The molecular formula is C17H21Cl2N3O2. The maximum Gasteiger partial charge on any atom is 0.269 e. The topological polar surface area (TPSA) is 68.1 Å². The molecule has 1 aromatic heterocycles. The summed E-state index contributed by atoms with van der Waals surface area (Å²) in [6, 6.07) is 11.1. The summed E-state index contributed by atoms with van der Waals surface area (Å²) in [5, 5.41) is 14.6. The number of hydrogen-bond acceptors (Lipinski definition) is 4. The summed E-state index contributed by atoms with van der Waals surface area (Å²) in [5.41, 5.74) is 2.29. The van der Waals surface area contributed by atoms with Gasteiger partial charge >= 0.3 is 0 Å². The Morgan fingerprint density at radius 3 is 2.46 bits per heavy atom. The van der Waals surface area contributed by atoms with Crippen molar-refractivity contribution in [3.05, 3.63) is 70.0 Å². The molecule has 7 heteroatoms. The Bertz CT molecular complexity index is 695. The van der Waals surface area contributed by atoms with Gasteiger partial charge in [0, 0.05) is 42.0 Å². The number of halogens is 2. The van der Waals surface area contributed by atoms with Gasteiger partial charge in [0.05, 0.1) is 4.92 Å². The van der Waals surface area contributed by atoms with Crippen molar-refractivity contribution in [1.29, 1.82) is 0 Å². The molecule has 0 unspecified atom stereocenters. The van der Waals surface area contributed by atoms with Gasteiger partial charge in [-0.2, -0.15) is 0 Å². The molecule has 1 N–H and O–H groups in total. The molecule has 1 aromatic carbocycles. The predicted octanol–water partition coefficient (Wildman–Crippen LogP) is 4.43. The quantitative estimate of drug-likeness (QED) is 0.641. The Labute approximate surface area is 153 Å². The van der Waals surface area contributed by atoms with Crippen LogP contribution in [-0.4, -0.2) is 15.4 Å². The zero-order valence-corrected chi connectivity index (χ0v) is 15.1. The largest absolute Gasteiger partial charge is 0.304 e.